The van der Waals surface area contributed by atoms with E-state index >= 15 is 0 Å². The highest BCUT2D eigenvalue weighted by Gasteiger charge is 2.30. The number of esters is 4. The Morgan fingerprint density at radius 3 is 0.723 bits per heavy atom. The minimum atomic E-state index is -4.96. The molecule has 3 N–H and O–H groups in total. The predicted octanol–water partition coefficient (Wildman–Crippen LogP) is 21.9. The van der Waals surface area contributed by atoms with Gasteiger partial charge < -0.3 is 33.8 Å². The second-order valence-corrected chi connectivity index (χ2v) is 30.9. The van der Waals surface area contributed by atoms with E-state index in [2.05, 4.69) is 41.5 Å². The molecular formula is C75H146O17P2. The quantitative estimate of drug-likeness (QED) is 0.0222. The molecule has 0 amide bonds. The van der Waals surface area contributed by atoms with Crippen LogP contribution in [0.1, 0.15) is 388 Å². The first-order valence-electron chi connectivity index (χ1n) is 39.0. The van der Waals surface area contributed by atoms with E-state index in [0.29, 0.717) is 31.6 Å². The van der Waals surface area contributed by atoms with Crippen LogP contribution >= 0.6 is 15.6 Å². The van der Waals surface area contributed by atoms with Crippen molar-refractivity contribution in [3.63, 3.8) is 0 Å². The zero-order valence-electron chi connectivity index (χ0n) is 61.3. The normalized spacial score (nSPS) is 14.0. The maximum Gasteiger partial charge on any atom is 0.472 e. The fourth-order valence-corrected chi connectivity index (χ4v) is 13.1. The number of aliphatic hydroxyl groups is 1. The van der Waals surface area contributed by atoms with Crippen molar-refractivity contribution in [3.8, 4) is 0 Å². The van der Waals surface area contributed by atoms with Gasteiger partial charge in [-0.1, -0.05) is 337 Å². The molecule has 0 heterocycles. The summed E-state index contributed by atoms with van der Waals surface area (Å²) in [4.78, 5) is 72.7. The molecule has 0 aromatic rings. The van der Waals surface area contributed by atoms with E-state index in [1.807, 2.05) is 0 Å². The Labute approximate surface area is 575 Å². The van der Waals surface area contributed by atoms with Gasteiger partial charge in [0, 0.05) is 25.7 Å². The van der Waals surface area contributed by atoms with Gasteiger partial charge in [0.1, 0.15) is 19.3 Å². The molecular weight excluding hydrogens is 1230 g/mol. The van der Waals surface area contributed by atoms with Crippen LogP contribution in [-0.4, -0.2) is 96.7 Å². The predicted molar refractivity (Wildman–Crippen MR) is 381 cm³/mol. The molecule has 0 fully saturated rings. The summed E-state index contributed by atoms with van der Waals surface area (Å²) < 4.78 is 68.5. The number of carbonyl (C=O) groups excluding carboxylic acids is 4. The summed E-state index contributed by atoms with van der Waals surface area (Å²) in [7, 11) is -9.91. The van der Waals surface area contributed by atoms with Gasteiger partial charge in [-0.05, 0) is 37.5 Å². The van der Waals surface area contributed by atoms with Crippen molar-refractivity contribution < 1.29 is 80.2 Å². The Balaban J connectivity index is 5.24. The molecule has 0 spiro atoms. The first-order chi connectivity index (χ1) is 45.4. The molecule has 0 saturated carbocycles. The highest BCUT2D eigenvalue weighted by atomic mass is 31.2. The summed E-state index contributed by atoms with van der Waals surface area (Å²) in [5.74, 6) is -0.651. The van der Waals surface area contributed by atoms with Crippen molar-refractivity contribution in [2.24, 2.45) is 11.8 Å². The molecule has 0 radical (unpaired) electrons. The Bertz CT molecular complexity index is 1820. The third-order valence-electron chi connectivity index (χ3n) is 17.5. The Morgan fingerprint density at radius 1 is 0.287 bits per heavy atom. The van der Waals surface area contributed by atoms with Crippen LogP contribution in [0.25, 0.3) is 0 Å². The summed E-state index contributed by atoms with van der Waals surface area (Å²) in [6, 6.07) is 0. The third kappa shape index (κ3) is 68.6. The SMILES string of the molecule is CCCCCCCCCCCCCCCCCCC(=O)OC[C@H](COP(=O)(O)OC[C@@H](O)COP(=O)(O)OC[C@@H](COC(=O)CCCCCCCCC(C)C)OC(=O)CCCCCCCCCCCCCCC)OC(=O)CCCCCCCCCCCCCCCC(C)C. The first kappa shape index (κ1) is 92.1. The van der Waals surface area contributed by atoms with Gasteiger partial charge in [0.15, 0.2) is 12.2 Å². The number of hydrogen-bond donors (Lipinski definition) is 3. The summed E-state index contributed by atoms with van der Waals surface area (Å²) in [6.07, 6.45) is 54.2. The molecule has 0 saturated heterocycles. The minimum absolute atomic E-state index is 0.107. The van der Waals surface area contributed by atoms with Crippen LogP contribution in [0, 0.1) is 11.8 Å². The molecule has 0 aromatic heterocycles. The van der Waals surface area contributed by atoms with E-state index < -0.39 is 97.5 Å². The van der Waals surface area contributed by atoms with Crippen LogP contribution in [0.4, 0.5) is 0 Å². The molecule has 0 rings (SSSR count). The van der Waals surface area contributed by atoms with Gasteiger partial charge in [-0.15, -0.1) is 0 Å². The maximum atomic E-state index is 13.1. The summed E-state index contributed by atoms with van der Waals surface area (Å²) in [6.45, 7) is 9.53. The average molecular weight is 1380 g/mol. The van der Waals surface area contributed by atoms with Gasteiger partial charge >= 0.3 is 39.5 Å². The fourth-order valence-electron chi connectivity index (χ4n) is 11.5. The second kappa shape index (κ2) is 66.9. The molecule has 558 valence electrons. The number of phosphoric acid groups is 2. The van der Waals surface area contributed by atoms with Crippen molar-refractivity contribution in [2.45, 2.75) is 407 Å². The van der Waals surface area contributed by atoms with Crippen LogP contribution in [0.3, 0.4) is 0 Å². The molecule has 19 heteroatoms. The lowest BCUT2D eigenvalue weighted by Crippen LogP contribution is -2.30. The lowest BCUT2D eigenvalue weighted by molar-refractivity contribution is -0.161. The van der Waals surface area contributed by atoms with Gasteiger partial charge in [-0.2, -0.15) is 0 Å². The molecule has 17 nitrogen and oxygen atoms in total. The van der Waals surface area contributed by atoms with E-state index in [-0.39, 0.29) is 25.7 Å². The molecule has 0 aliphatic carbocycles. The first-order valence-corrected chi connectivity index (χ1v) is 42.0. The van der Waals surface area contributed by atoms with E-state index in [1.165, 1.54) is 199 Å². The maximum absolute atomic E-state index is 13.1. The number of phosphoric ester groups is 2. The second-order valence-electron chi connectivity index (χ2n) is 28.0. The number of hydrogen-bond acceptors (Lipinski definition) is 15. The van der Waals surface area contributed by atoms with E-state index in [0.717, 1.165) is 102 Å². The van der Waals surface area contributed by atoms with Crippen LogP contribution in [0.15, 0.2) is 0 Å². The number of carbonyl (C=O) groups is 4. The minimum Gasteiger partial charge on any atom is -0.462 e. The monoisotopic (exact) mass is 1380 g/mol. The van der Waals surface area contributed by atoms with Crippen molar-refractivity contribution in [1.29, 1.82) is 0 Å². The molecule has 0 bridgehead atoms. The largest absolute Gasteiger partial charge is 0.472 e. The summed E-state index contributed by atoms with van der Waals surface area (Å²) in [5.41, 5.74) is 0. The van der Waals surface area contributed by atoms with Crippen LogP contribution in [-0.2, 0) is 65.4 Å². The zero-order chi connectivity index (χ0) is 69.3. The highest BCUT2D eigenvalue weighted by molar-refractivity contribution is 7.47. The van der Waals surface area contributed by atoms with Crippen molar-refractivity contribution in [2.75, 3.05) is 39.6 Å². The van der Waals surface area contributed by atoms with Crippen LogP contribution in [0.2, 0.25) is 0 Å². The molecule has 0 aliphatic heterocycles. The van der Waals surface area contributed by atoms with Gasteiger partial charge in [0.2, 0.25) is 0 Å². The van der Waals surface area contributed by atoms with Crippen molar-refractivity contribution in [1.82, 2.24) is 0 Å². The topological polar surface area (TPSA) is 237 Å². The van der Waals surface area contributed by atoms with E-state index in [4.69, 9.17) is 37.0 Å². The lowest BCUT2D eigenvalue weighted by Gasteiger charge is -2.21. The van der Waals surface area contributed by atoms with E-state index in [1.54, 1.807) is 0 Å². The Kier molecular flexibility index (Phi) is 65.5. The zero-order valence-corrected chi connectivity index (χ0v) is 63.1. The fraction of sp³-hybridized carbons (Fsp3) is 0.947. The lowest BCUT2D eigenvalue weighted by atomic mass is 10.0. The van der Waals surface area contributed by atoms with Gasteiger partial charge in [-0.3, -0.25) is 37.3 Å². The smallest absolute Gasteiger partial charge is 0.462 e. The molecule has 94 heavy (non-hydrogen) atoms. The van der Waals surface area contributed by atoms with Crippen LogP contribution in [0.5, 0.6) is 0 Å². The van der Waals surface area contributed by atoms with Crippen molar-refractivity contribution in [3.05, 3.63) is 0 Å². The number of ether oxygens (including phenoxy) is 4. The Hall–Kier alpha value is -1.94. The van der Waals surface area contributed by atoms with Gasteiger partial charge in [0.25, 0.3) is 0 Å². The van der Waals surface area contributed by atoms with Gasteiger partial charge in [-0.25, -0.2) is 9.13 Å². The van der Waals surface area contributed by atoms with E-state index in [9.17, 15) is 43.2 Å². The van der Waals surface area contributed by atoms with Crippen LogP contribution < -0.4 is 0 Å². The average Bonchev–Trinajstić information content (AvgIpc) is 1.67. The standard InChI is InChI=1S/C75H146O17P2/c1-7-9-11-13-15-17-19-21-22-23-27-30-34-38-45-51-57-72(77)85-63-70(91-74(79)60-54-48-40-36-32-28-24-26-29-33-37-43-49-55-67(3)4)65-89-93(81,82)87-61-69(76)62-88-94(83,84)90-66-71(64-86-73(78)58-52-46-42-41-44-50-56-68(5)6)92-75(80)59-53-47-39-35-31-25-20-18-16-14-12-10-8-2/h67-71,76H,7-66H2,1-6H3,(H,81,82)(H,83,84)/t69-,70-,71-/m1/s1. The number of rotatable bonds is 74. The third-order valence-corrected chi connectivity index (χ3v) is 19.4. The Morgan fingerprint density at radius 2 is 0.489 bits per heavy atom. The summed E-state index contributed by atoms with van der Waals surface area (Å²) >= 11 is 0. The molecule has 2 unspecified atom stereocenters. The molecule has 0 aromatic carbocycles. The summed E-state index contributed by atoms with van der Waals surface area (Å²) in [5, 5.41) is 10.6. The molecule has 0 aliphatic rings. The van der Waals surface area contributed by atoms with Crippen molar-refractivity contribution >= 4 is 39.5 Å². The number of unbranched alkanes of at least 4 members (excludes halogenated alkanes) is 44. The molecule has 5 atom stereocenters. The highest BCUT2D eigenvalue weighted by Crippen LogP contribution is 2.45. The van der Waals surface area contributed by atoms with Gasteiger partial charge in [0.05, 0.1) is 26.4 Å². The number of aliphatic hydroxyl groups excluding tert-OH is 1.